The van der Waals surface area contributed by atoms with E-state index in [1.165, 1.54) is 29.7 Å². The maximum atomic E-state index is 12.9. The van der Waals surface area contributed by atoms with Crippen LogP contribution in [0.5, 0.6) is 11.5 Å². The molecule has 40 heavy (non-hydrogen) atoms. The van der Waals surface area contributed by atoms with Gasteiger partial charge in [0.2, 0.25) is 22.2 Å². The average molecular weight is 574 g/mol. The van der Waals surface area contributed by atoms with Gasteiger partial charge in [0, 0.05) is 32.7 Å². The summed E-state index contributed by atoms with van der Waals surface area (Å²) < 4.78 is 39.2. The molecule has 1 heterocycles. The Kier molecular flexibility index (Phi) is 12.6. The van der Waals surface area contributed by atoms with Crippen molar-refractivity contribution in [2.45, 2.75) is 30.2 Å². The zero-order valence-corrected chi connectivity index (χ0v) is 22.9. The van der Waals surface area contributed by atoms with E-state index in [0.717, 1.165) is 19.6 Å². The van der Waals surface area contributed by atoms with E-state index in [0.29, 0.717) is 56.6 Å². The number of morpholine rings is 1. The second kappa shape index (κ2) is 16.4. The Morgan fingerprint density at radius 3 is 2.40 bits per heavy atom. The lowest BCUT2D eigenvalue weighted by molar-refractivity contribution is -0.131. The van der Waals surface area contributed by atoms with Gasteiger partial charge in [0.25, 0.3) is 5.91 Å². The predicted octanol–water partition coefficient (Wildman–Crippen LogP) is 1.15. The fourth-order valence-corrected chi connectivity index (χ4v) is 5.15. The van der Waals surface area contributed by atoms with Crippen LogP contribution in [-0.4, -0.2) is 82.4 Å². The van der Waals surface area contributed by atoms with Gasteiger partial charge in [-0.25, -0.2) is 13.9 Å². The number of hydrogen-bond donors (Lipinski definition) is 5. The molecule has 0 unspecified atom stereocenters. The van der Waals surface area contributed by atoms with Crippen molar-refractivity contribution in [3.05, 3.63) is 54.6 Å². The summed E-state index contributed by atoms with van der Waals surface area (Å²) in [6.45, 7) is 4.97. The van der Waals surface area contributed by atoms with Crippen molar-refractivity contribution in [2.24, 2.45) is 4.99 Å². The standard InChI is InChI=1S/C26H35N7O6S/c27-20-30-26(29-14-15-33-16-18-38-19-17-33)28-13-5-4-8-24(25(34)31-35)32-40(36,37)23-11-9-22(10-12-23)39-21-6-2-1-3-7-21/h1-3,6-7,9-12,24,32,35H,4-5,8,13-19H2,(H,31,34)(H2,28,29,30)/t24-/m1/s1. The Morgan fingerprint density at radius 1 is 1.05 bits per heavy atom. The Bertz CT molecular complexity index is 1230. The molecule has 2 aromatic rings. The number of carbonyl (C=O) groups is 1. The normalized spacial score (nSPS) is 15.1. The highest BCUT2D eigenvalue weighted by molar-refractivity contribution is 7.89. The molecule has 216 valence electrons. The van der Waals surface area contributed by atoms with Gasteiger partial charge in [0.1, 0.15) is 17.5 Å². The van der Waals surface area contributed by atoms with Crippen molar-refractivity contribution in [2.75, 3.05) is 45.9 Å². The van der Waals surface area contributed by atoms with Crippen LogP contribution in [-0.2, 0) is 19.6 Å². The minimum atomic E-state index is -4.06. The summed E-state index contributed by atoms with van der Waals surface area (Å²) in [5, 5.41) is 24.2. The van der Waals surface area contributed by atoms with Crippen molar-refractivity contribution in [1.29, 1.82) is 5.26 Å². The number of hydrogen-bond acceptors (Lipinski definition) is 9. The molecule has 1 aliphatic rings. The van der Waals surface area contributed by atoms with Gasteiger partial charge in [-0.1, -0.05) is 18.2 Å². The molecule has 1 aliphatic heterocycles. The number of para-hydroxylation sites is 1. The van der Waals surface area contributed by atoms with E-state index in [9.17, 15) is 13.2 Å². The Labute approximate surface area is 234 Å². The first-order valence-electron chi connectivity index (χ1n) is 12.9. The fraction of sp³-hybridized carbons (Fsp3) is 0.423. The first-order chi connectivity index (χ1) is 19.4. The molecular formula is C26H35N7O6S. The number of ether oxygens (including phenoxy) is 2. The summed E-state index contributed by atoms with van der Waals surface area (Å²) in [5.41, 5.74) is 1.52. The van der Waals surface area contributed by atoms with Crippen LogP contribution in [0.3, 0.4) is 0 Å². The van der Waals surface area contributed by atoms with E-state index < -0.39 is 22.0 Å². The Hall–Kier alpha value is -3.74. The number of unbranched alkanes of at least 4 members (excludes halogenated alkanes) is 1. The minimum Gasteiger partial charge on any atom is -0.457 e. The first kappa shape index (κ1) is 30.8. The van der Waals surface area contributed by atoms with Crippen LogP contribution in [0.25, 0.3) is 0 Å². The molecule has 0 radical (unpaired) electrons. The average Bonchev–Trinajstić information content (AvgIpc) is 2.97. The van der Waals surface area contributed by atoms with E-state index in [4.69, 9.17) is 19.9 Å². The quantitative estimate of drug-likeness (QED) is 0.0550. The number of nitriles is 1. The first-order valence-corrected chi connectivity index (χ1v) is 14.4. The molecule has 2 aromatic carbocycles. The summed E-state index contributed by atoms with van der Waals surface area (Å²) in [4.78, 5) is 18.1. The van der Waals surface area contributed by atoms with Gasteiger partial charge >= 0.3 is 0 Å². The zero-order chi connectivity index (χ0) is 28.6. The Morgan fingerprint density at radius 2 is 1.73 bits per heavy atom. The van der Waals surface area contributed by atoms with E-state index in [2.05, 4.69) is 25.2 Å². The molecule has 0 saturated carbocycles. The lowest BCUT2D eigenvalue weighted by atomic mass is 10.1. The molecule has 1 saturated heterocycles. The maximum absolute atomic E-state index is 12.9. The third-order valence-electron chi connectivity index (χ3n) is 6.04. The molecule has 13 nitrogen and oxygen atoms in total. The Balaban J connectivity index is 1.45. The smallest absolute Gasteiger partial charge is 0.261 e. The van der Waals surface area contributed by atoms with Crippen molar-refractivity contribution in [3.63, 3.8) is 0 Å². The van der Waals surface area contributed by atoms with Crippen molar-refractivity contribution < 1.29 is 27.9 Å². The number of rotatable bonds is 14. The lowest BCUT2D eigenvalue weighted by Crippen LogP contribution is -2.46. The van der Waals surface area contributed by atoms with Crippen LogP contribution < -0.4 is 25.6 Å². The highest BCUT2D eigenvalue weighted by atomic mass is 32.2. The monoisotopic (exact) mass is 573 g/mol. The highest BCUT2D eigenvalue weighted by Gasteiger charge is 2.25. The van der Waals surface area contributed by atoms with E-state index in [-0.39, 0.29) is 11.3 Å². The summed E-state index contributed by atoms with van der Waals surface area (Å²) in [6, 6.07) is 13.7. The number of guanidine groups is 1. The SMILES string of the molecule is N#C/N=C(/NCCCC[C@@H](NS(=O)(=O)c1ccc(Oc2ccccc2)cc1)C(=O)NO)NCCN1CCOCC1. The lowest BCUT2D eigenvalue weighted by Gasteiger charge is -2.26. The molecular weight excluding hydrogens is 538 g/mol. The largest absolute Gasteiger partial charge is 0.457 e. The summed E-state index contributed by atoms with van der Waals surface area (Å²) in [6.07, 6.45) is 2.90. The number of hydroxylamine groups is 1. The van der Waals surface area contributed by atoms with Gasteiger partial charge in [-0.05, 0) is 55.7 Å². The number of nitrogens with one attached hydrogen (secondary N) is 4. The van der Waals surface area contributed by atoms with E-state index in [1.54, 1.807) is 18.3 Å². The topological polar surface area (TPSA) is 177 Å². The van der Waals surface area contributed by atoms with Crippen LogP contribution in [0.4, 0.5) is 0 Å². The van der Waals surface area contributed by atoms with Gasteiger partial charge in [-0.15, -0.1) is 4.99 Å². The van der Waals surface area contributed by atoms with Gasteiger partial charge in [0.05, 0.1) is 18.1 Å². The predicted molar refractivity (Wildman–Crippen MR) is 147 cm³/mol. The van der Waals surface area contributed by atoms with Crippen LogP contribution in [0.2, 0.25) is 0 Å². The van der Waals surface area contributed by atoms with Crippen LogP contribution in [0, 0.1) is 11.5 Å². The molecule has 5 N–H and O–H groups in total. The van der Waals surface area contributed by atoms with Crippen molar-refractivity contribution in [1.82, 2.24) is 25.7 Å². The number of aliphatic imine (C=N–C) groups is 1. The van der Waals surface area contributed by atoms with Crippen molar-refractivity contribution >= 4 is 21.9 Å². The molecule has 1 fully saturated rings. The van der Waals surface area contributed by atoms with E-state index >= 15 is 0 Å². The number of amides is 1. The van der Waals surface area contributed by atoms with Gasteiger partial charge in [0.15, 0.2) is 0 Å². The molecule has 0 aliphatic carbocycles. The molecule has 14 heteroatoms. The van der Waals surface area contributed by atoms with Crippen LogP contribution in [0.1, 0.15) is 19.3 Å². The molecule has 1 amide bonds. The zero-order valence-electron chi connectivity index (χ0n) is 22.1. The third kappa shape index (κ3) is 10.4. The van der Waals surface area contributed by atoms with Crippen molar-refractivity contribution in [3.8, 4) is 17.7 Å². The van der Waals surface area contributed by atoms with E-state index in [1.807, 2.05) is 18.2 Å². The van der Waals surface area contributed by atoms with Crippen LogP contribution >= 0.6 is 0 Å². The van der Waals surface area contributed by atoms with Gasteiger partial charge in [-0.3, -0.25) is 14.9 Å². The highest BCUT2D eigenvalue weighted by Crippen LogP contribution is 2.22. The fourth-order valence-electron chi connectivity index (χ4n) is 3.92. The summed E-state index contributed by atoms with van der Waals surface area (Å²) in [5.74, 6) is 0.551. The molecule has 0 aromatic heterocycles. The summed E-state index contributed by atoms with van der Waals surface area (Å²) >= 11 is 0. The third-order valence-corrected chi connectivity index (χ3v) is 7.52. The molecule has 1 atom stereocenters. The second-order valence-electron chi connectivity index (χ2n) is 8.90. The number of benzene rings is 2. The number of nitrogens with zero attached hydrogens (tertiary/aromatic N) is 3. The molecule has 0 bridgehead atoms. The molecule has 3 rings (SSSR count). The second-order valence-corrected chi connectivity index (χ2v) is 10.6. The molecule has 0 spiro atoms. The van der Waals surface area contributed by atoms with Crippen LogP contribution in [0.15, 0.2) is 64.5 Å². The summed E-state index contributed by atoms with van der Waals surface area (Å²) in [7, 11) is -4.06. The van der Waals surface area contributed by atoms with Gasteiger partial charge in [-0.2, -0.15) is 9.98 Å². The number of carbonyl (C=O) groups excluding carboxylic acids is 1. The minimum absolute atomic E-state index is 0.0502. The van der Waals surface area contributed by atoms with Gasteiger partial charge < -0.3 is 20.1 Å². The number of sulfonamides is 1. The maximum Gasteiger partial charge on any atom is 0.261 e.